The monoisotopic (exact) mass is 306 g/mol. The van der Waals surface area contributed by atoms with Crippen molar-refractivity contribution >= 4 is 23.5 Å². The van der Waals surface area contributed by atoms with Gasteiger partial charge in [0.05, 0.1) is 0 Å². The average molecular weight is 306 g/mol. The summed E-state index contributed by atoms with van der Waals surface area (Å²) in [5, 5.41) is 3.49. The van der Waals surface area contributed by atoms with Crippen molar-refractivity contribution in [3.05, 3.63) is 11.8 Å². The van der Waals surface area contributed by atoms with Crippen LogP contribution < -0.4 is 11.1 Å². The van der Waals surface area contributed by atoms with Crippen LogP contribution in [0.2, 0.25) is 0 Å². The molecule has 3 N–H and O–H groups in total. The Labute approximate surface area is 119 Å². The number of aromatic nitrogens is 2. The molecule has 1 aliphatic rings. The van der Waals surface area contributed by atoms with Crippen LogP contribution in [0.4, 0.5) is 24.9 Å². The molecular weight excluding hydrogens is 289 g/mol. The lowest BCUT2D eigenvalue weighted by atomic mass is 10.2. The molecule has 0 bridgehead atoms. The van der Waals surface area contributed by atoms with Gasteiger partial charge in [-0.1, -0.05) is 13.3 Å². The molecule has 1 aromatic heterocycles. The van der Waals surface area contributed by atoms with Crippen molar-refractivity contribution in [1.29, 1.82) is 0 Å². The maximum Gasteiger partial charge on any atom is 0.433 e. The van der Waals surface area contributed by atoms with Gasteiger partial charge in [0.2, 0.25) is 5.95 Å². The number of alkyl halides is 3. The Morgan fingerprint density at radius 1 is 1.40 bits per heavy atom. The maximum absolute atomic E-state index is 12.7. The van der Waals surface area contributed by atoms with Crippen molar-refractivity contribution in [2.45, 2.75) is 43.7 Å². The van der Waals surface area contributed by atoms with E-state index in [9.17, 15) is 13.2 Å². The highest BCUT2D eigenvalue weighted by atomic mass is 32.2. The van der Waals surface area contributed by atoms with Crippen LogP contribution in [0.5, 0.6) is 0 Å². The lowest BCUT2D eigenvalue weighted by molar-refractivity contribution is -0.141. The van der Waals surface area contributed by atoms with Crippen LogP contribution in [0.15, 0.2) is 6.07 Å². The molecule has 1 heterocycles. The first kappa shape index (κ1) is 15.2. The number of hydrogen-bond acceptors (Lipinski definition) is 5. The van der Waals surface area contributed by atoms with Crippen LogP contribution >= 0.6 is 11.8 Å². The fourth-order valence-corrected chi connectivity index (χ4v) is 3.58. The largest absolute Gasteiger partial charge is 0.433 e. The average Bonchev–Trinajstić information content (AvgIpc) is 2.75. The Bertz CT molecular complexity index is 467. The third-order valence-corrected chi connectivity index (χ3v) is 4.53. The third-order valence-electron chi connectivity index (χ3n) is 3.20. The van der Waals surface area contributed by atoms with Crippen molar-refractivity contribution in [1.82, 2.24) is 9.97 Å². The van der Waals surface area contributed by atoms with Gasteiger partial charge in [-0.2, -0.15) is 29.9 Å². The molecule has 0 aromatic carbocycles. The third kappa shape index (κ3) is 3.68. The number of anilines is 2. The molecule has 2 atom stereocenters. The first-order chi connectivity index (χ1) is 9.40. The van der Waals surface area contributed by atoms with Crippen LogP contribution in [-0.2, 0) is 6.18 Å². The Balaban J connectivity index is 2.15. The molecule has 4 nitrogen and oxygen atoms in total. The summed E-state index contributed by atoms with van der Waals surface area (Å²) in [4.78, 5) is 7.08. The molecule has 1 fully saturated rings. The van der Waals surface area contributed by atoms with E-state index in [0.29, 0.717) is 5.25 Å². The van der Waals surface area contributed by atoms with Gasteiger partial charge < -0.3 is 11.1 Å². The smallest absolute Gasteiger partial charge is 0.368 e. The predicted molar refractivity (Wildman–Crippen MR) is 74.6 cm³/mol. The van der Waals surface area contributed by atoms with Crippen LogP contribution in [-0.4, -0.2) is 27.0 Å². The number of rotatable bonds is 4. The number of nitrogens with one attached hydrogen (secondary N) is 1. The van der Waals surface area contributed by atoms with Crippen LogP contribution in [0.3, 0.4) is 0 Å². The maximum atomic E-state index is 12.7. The molecule has 0 amide bonds. The molecule has 20 heavy (non-hydrogen) atoms. The molecule has 1 aromatic rings. The second kappa shape index (κ2) is 6.07. The van der Waals surface area contributed by atoms with Gasteiger partial charge in [-0.25, -0.2) is 4.98 Å². The fraction of sp³-hybridized carbons (Fsp3) is 0.667. The molecule has 1 saturated carbocycles. The van der Waals surface area contributed by atoms with E-state index in [1.165, 1.54) is 0 Å². The van der Waals surface area contributed by atoms with Crippen molar-refractivity contribution in [3.63, 3.8) is 0 Å². The van der Waals surface area contributed by atoms with E-state index in [0.717, 1.165) is 31.1 Å². The molecule has 0 radical (unpaired) electrons. The first-order valence-electron chi connectivity index (χ1n) is 6.50. The van der Waals surface area contributed by atoms with Gasteiger partial charge in [-0.05, 0) is 18.6 Å². The van der Waals surface area contributed by atoms with E-state index in [2.05, 4.69) is 22.2 Å². The van der Waals surface area contributed by atoms with Gasteiger partial charge in [0.15, 0.2) is 5.69 Å². The van der Waals surface area contributed by atoms with E-state index in [-0.39, 0.29) is 17.8 Å². The number of thioether (sulfide) groups is 1. The van der Waals surface area contributed by atoms with Crippen molar-refractivity contribution < 1.29 is 13.2 Å². The van der Waals surface area contributed by atoms with Gasteiger partial charge in [0.25, 0.3) is 0 Å². The SMILES string of the molecule is CCSC1CCCC1Nc1cc(C(F)(F)F)nc(N)n1. The van der Waals surface area contributed by atoms with E-state index >= 15 is 0 Å². The first-order valence-corrected chi connectivity index (χ1v) is 7.55. The van der Waals surface area contributed by atoms with Crippen LogP contribution in [0.25, 0.3) is 0 Å². The molecule has 1 aliphatic carbocycles. The minimum Gasteiger partial charge on any atom is -0.368 e. The second-order valence-electron chi connectivity index (χ2n) is 4.67. The summed E-state index contributed by atoms with van der Waals surface area (Å²) in [6, 6.07) is 1.05. The van der Waals surface area contributed by atoms with Crippen molar-refractivity contribution in [2.24, 2.45) is 0 Å². The van der Waals surface area contributed by atoms with Gasteiger partial charge in [0.1, 0.15) is 5.82 Å². The number of halogens is 3. The summed E-state index contributed by atoms with van der Waals surface area (Å²) < 4.78 is 38.0. The normalized spacial score (nSPS) is 23.0. The highest BCUT2D eigenvalue weighted by Gasteiger charge is 2.34. The van der Waals surface area contributed by atoms with Gasteiger partial charge in [0, 0.05) is 17.4 Å². The number of nitrogen functional groups attached to an aromatic ring is 1. The summed E-state index contributed by atoms with van der Waals surface area (Å²) in [5.41, 5.74) is 4.35. The molecule has 112 valence electrons. The van der Waals surface area contributed by atoms with E-state index in [4.69, 9.17) is 5.73 Å². The Morgan fingerprint density at radius 3 is 2.80 bits per heavy atom. The lowest BCUT2D eigenvalue weighted by Crippen LogP contribution is -2.27. The molecule has 0 saturated heterocycles. The summed E-state index contributed by atoms with van der Waals surface area (Å²) >= 11 is 1.82. The summed E-state index contributed by atoms with van der Waals surface area (Å²) in [7, 11) is 0. The molecule has 0 aliphatic heterocycles. The Morgan fingerprint density at radius 2 is 2.15 bits per heavy atom. The summed E-state index contributed by atoms with van der Waals surface area (Å²) in [6.45, 7) is 2.07. The topological polar surface area (TPSA) is 63.8 Å². The fourth-order valence-electron chi connectivity index (χ4n) is 2.38. The van der Waals surface area contributed by atoms with Crippen LogP contribution in [0.1, 0.15) is 31.9 Å². The zero-order valence-electron chi connectivity index (χ0n) is 11.1. The standard InChI is InChI=1S/C12H17F3N4S/c1-2-20-8-5-3-4-7(8)17-10-6-9(12(13,14)15)18-11(16)19-10/h6-8H,2-5H2,1H3,(H3,16,17,18,19). The van der Waals surface area contributed by atoms with Gasteiger partial charge in [-0.3, -0.25) is 0 Å². The zero-order chi connectivity index (χ0) is 14.8. The summed E-state index contributed by atoms with van der Waals surface area (Å²) in [6.07, 6.45) is -1.44. The highest BCUT2D eigenvalue weighted by molar-refractivity contribution is 7.99. The summed E-state index contributed by atoms with van der Waals surface area (Å²) in [5.74, 6) is 0.779. The molecule has 2 rings (SSSR count). The van der Waals surface area contributed by atoms with Gasteiger partial charge >= 0.3 is 6.18 Å². The van der Waals surface area contributed by atoms with E-state index in [1.54, 1.807) is 0 Å². The zero-order valence-corrected chi connectivity index (χ0v) is 11.9. The lowest BCUT2D eigenvalue weighted by Gasteiger charge is -2.21. The minimum absolute atomic E-state index is 0.135. The predicted octanol–water partition coefficient (Wildman–Crippen LogP) is 3.16. The second-order valence-corrected chi connectivity index (χ2v) is 6.19. The molecule has 2 unspecified atom stereocenters. The number of hydrogen-bond donors (Lipinski definition) is 2. The van der Waals surface area contributed by atoms with Crippen molar-refractivity contribution in [3.8, 4) is 0 Å². The Hall–Kier alpha value is -1.18. The minimum atomic E-state index is -4.51. The van der Waals surface area contributed by atoms with Crippen LogP contribution in [0, 0.1) is 0 Å². The van der Waals surface area contributed by atoms with Gasteiger partial charge in [-0.15, -0.1) is 0 Å². The molecule has 0 spiro atoms. The quantitative estimate of drug-likeness (QED) is 0.894. The molecular formula is C12H17F3N4S. The van der Waals surface area contributed by atoms with Crippen molar-refractivity contribution in [2.75, 3.05) is 16.8 Å². The molecule has 8 heteroatoms. The number of nitrogens with zero attached hydrogens (tertiary/aromatic N) is 2. The number of nitrogens with two attached hydrogens (primary N) is 1. The Kier molecular flexibility index (Phi) is 4.62. The van der Waals surface area contributed by atoms with E-state index < -0.39 is 11.9 Å². The highest BCUT2D eigenvalue weighted by Crippen LogP contribution is 2.33. The van der Waals surface area contributed by atoms with E-state index in [1.807, 2.05) is 11.8 Å².